The van der Waals surface area contributed by atoms with Gasteiger partial charge in [-0.15, -0.1) is 10.2 Å². The summed E-state index contributed by atoms with van der Waals surface area (Å²) >= 11 is 0. The highest BCUT2D eigenvalue weighted by molar-refractivity contribution is 5.80. The Labute approximate surface area is 189 Å². The molecule has 1 saturated heterocycles. The molecule has 1 aromatic heterocycles. The molecule has 2 heterocycles. The van der Waals surface area contributed by atoms with Gasteiger partial charge in [0, 0.05) is 26.7 Å². The zero-order valence-electron chi connectivity index (χ0n) is 19.5. The number of nitrogens with zero attached hydrogens (tertiary/aromatic N) is 5. The first-order valence-corrected chi connectivity index (χ1v) is 11.2. The number of hydrogen-bond donors (Lipinski definition) is 1. The van der Waals surface area contributed by atoms with Crippen LogP contribution in [0.4, 0.5) is 0 Å². The molecule has 1 aliphatic rings. The molecule has 174 valence electrons. The molecule has 0 amide bonds. The number of aryl methyl sites for hydroxylation is 1. The minimum Gasteiger partial charge on any atom is -0.497 e. The van der Waals surface area contributed by atoms with Gasteiger partial charge in [0.25, 0.3) is 0 Å². The Morgan fingerprint density at radius 1 is 1.22 bits per heavy atom. The van der Waals surface area contributed by atoms with Crippen molar-refractivity contribution in [3.63, 3.8) is 0 Å². The monoisotopic (exact) mass is 442 g/mol. The van der Waals surface area contributed by atoms with Crippen LogP contribution in [0.1, 0.15) is 37.0 Å². The minimum absolute atomic E-state index is 0.0341. The lowest BCUT2D eigenvalue weighted by atomic mass is 9.97. The third kappa shape index (κ3) is 6.21. The Bertz CT molecular complexity index is 901. The van der Waals surface area contributed by atoms with Gasteiger partial charge in [-0.3, -0.25) is 4.79 Å². The Morgan fingerprint density at radius 2 is 1.94 bits per heavy atom. The summed E-state index contributed by atoms with van der Waals surface area (Å²) < 4.78 is 12.4. The highest BCUT2D eigenvalue weighted by Crippen LogP contribution is 2.19. The number of rotatable bonds is 8. The molecule has 0 unspecified atom stereocenters. The first-order chi connectivity index (χ1) is 15.5. The maximum atomic E-state index is 12.1. The molecule has 9 nitrogen and oxygen atoms in total. The molecule has 0 bridgehead atoms. The van der Waals surface area contributed by atoms with E-state index in [0.717, 1.165) is 62.3 Å². The summed E-state index contributed by atoms with van der Waals surface area (Å²) in [5.41, 5.74) is 1.22. The van der Waals surface area contributed by atoms with Crippen LogP contribution in [0.5, 0.6) is 5.75 Å². The fraction of sp³-hybridized carbons (Fsp3) is 0.565. The summed E-state index contributed by atoms with van der Waals surface area (Å²) in [5, 5.41) is 11.8. The number of aliphatic imine (C=N–C) groups is 1. The van der Waals surface area contributed by atoms with Gasteiger partial charge in [-0.25, -0.2) is 4.99 Å². The van der Waals surface area contributed by atoms with E-state index in [1.54, 1.807) is 7.11 Å². The Balaban J connectivity index is 1.63. The average Bonchev–Trinajstić information content (AvgIpc) is 3.14. The number of piperidine rings is 1. The third-order valence-corrected chi connectivity index (χ3v) is 5.82. The van der Waals surface area contributed by atoms with Gasteiger partial charge in [0.15, 0.2) is 11.8 Å². The average molecular weight is 443 g/mol. The van der Waals surface area contributed by atoms with Crippen molar-refractivity contribution in [1.29, 1.82) is 0 Å². The summed E-state index contributed by atoms with van der Waals surface area (Å²) in [6.07, 6.45) is 2.40. The minimum atomic E-state index is -0.0901. The second kappa shape index (κ2) is 11.5. The summed E-state index contributed by atoms with van der Waals surface area (Å²) in [5.74, 6) is 3.24. The van der Waals surface area contributed by atoms with E-state index in [2.05, 4.69) is 32.5 Å². The van der Waals surface area contributed by atoms with Crippen molar-refractivity contribution in [2.45, 2.75) is 39.7 Å². The summed E-state index contributed by atoms with van der Waals surface area (Å²) in [7, 11) is 3.62. The van der Waals surface area contributed by atoms with Gasteiger partial charge in [0.1, 0.15) is 18.1 Å². The molecule has 32 heavy (non-hydrogen) atoms. The number of hydrogen-bond acceptors (Lipinski definition) is 6. The summed E-state index contributed by atoms with van der Waals surface area (Å²) in [6.45, 7) is 6.91. The van der Waals surface area contributed by atoms with Crippen LogP contribution in [-0.4, -0.2) is 64.9 Å². The number of carbonyl (C=O) groups is 1. The van der Waals surface area contributed by atoms with E-state index in [0.29, 0.717) is 13.2 Å². The normalized spacial score (nSPS) is 15.0. The Kier molecular flexibility index (Phi) is 8.47. The fourth-order valence-electron chi connectivity index (χ4n) is 3.70. The van der Waals surface area contributed by atoms with Crippen LogP contribution >= 0.6 is 0 Å². The van der Waals surface area contributed by atoms with Crippen LogP contribution in [0.15, 0.2) is 29.3 Å². The van der Waals surface area contributed by atoms with Crippen molar-refractivity contribution in [3.8, 4) is 5.75 Å². The largest absolute Gasteiger partial charge is 0.497 e. The van der Waals surface area contributed by atoms with E-state index in [9.17, 15) is 4.79 Å². The zero-order valence-corrected chi connectivity index (χ0v) is 19.5. The van der Waals surface area contributed by atoms with Crippen LogP contribution in [0.3, 0.4) is 0 Å². The molecule has 2 aromatic rings. The lowest BCUT2D eigenvalue weighted by Crippen LogP contribution is -2.47. The maximum Gasteiger partial charge on any atom is 0.309 e. The highest BCUT2D eigenvalue weighted by atomic mass is 16.5. The van der Waals surface area contributed by atoms with Gasteiger partial charge in [-0.2, -0.15) is 0 Å². The maximum absolute atomic E-state index is 12.1. The number of ether oxygens (including phenoxy) is 2. The van der Waals surface area contributed by atoms with Gasteiger partial charge in [0.05, 0.1) is 19.6 Å². The molecule has 1 aromatic carbocycles. The Hall–Kier alpha value is -3.10. The number of methoxy groups -OCH3 is 1. The standard InChI is InChI=1S/C23H34N6O3/c1-5-32-22(30)19-11-14-29(15-12-19)23(25-16-21-27-26-17(2)28(21)3)24-13-10-18-6-8-20(31-4)9-7-18/h6-9,19H,5,10-16H2,1-4H3,(H,24,25). The van der Waals surface area contributed by atoms with Crippen molar-refractivity contribution in [3.05, 3.63) is 41.5 Å². The molecule has 0 aliphatic carbocycles. The molecule has 1 fully saturated rings. The predicted octanol–water partition coefficient (Wildman–Crippen LogP) is 2.10. The van der Waals surface area contributed by atoms with Gasteiger partial charge < -0.3 is 24.3 Å². The van der Waals surface area contributed by atoms with Gasteiger partial charge in [0.2, 0.25) is 0 Å². The fourth-order valence-corrected chi connectivity index (χ4v) is 3.70. The molecular formula is C23H34N6O3. The number of carbonyl (C=O) groups excluding carboxylic acids is 1. The molecule has 3 rings (SSSR count). The third-order valence-electron chi connectivity index (χ3n) is 5.82. The highest BCUT2D eigenvalue weighted by Gasteiger charge is 2.27. The van der Waals surface area contributed by atoms with Crippen LogP contribution in [0.2, 0.25) is 0 Å². The summed E-state index contributed by atoms with van der Waals surface area (Å²) in [6, 6.07) is 8.09. The number of aromatic nitrogens is 3. The zero-order chi connectivity index (χ0) is 22.9. The number of guanidine groups is 1. The van der Waals surface area contributed by atoms with Gasteiger partial charge in [-0.05, 0) is 50.8 Å². The molecule has 1 N–H and O–H groups in total. The molecule has 0 atom stereocenters. The predicted molar refractivity (Wildman–Crippen MR) is 123 cm³/mol. The van der Waals surface area contributed by atoms with Crippen molar-refractivity contribution in [2.24, 2.45) is 18.0 Å². The SMILES string of the molecule is CCOC(=O)C1CCN(C(=NCc2nnc(C)n2C)NCCc2ccc(OC)cc2)CC1. The number of likely N-dealkylation sites (tertiary alicyclic amines) is 1. The van der Waals surface area contributed by atoms with E-state index in [1.165, 1.54) is 5.56 Å². The number of nitrogens with one attached hydrogen (secondary N) is 1. The van der Waals surface area contributed by atoms with Crippen LogP contribution in [-0.2, 0) is 29.5 Å². The van der Waals surface area contributed by atoms with Crippen molar-refractivity contribution in [1.82, 2.24) is 25.0 Å². The van der Waals surface area contributed by atoms with E-state index in [4.69, 9.17) is 14.5 Å². The lowest BCUT2D eigenvalue weighted by molar-refractivity contribution is -0.149. The van der Waals surface area contributed by atoms with Crippen molar-refractivity contribution in [2.75, 3.05) is 33.4 Å². The molecular weight excluding hydrogens is 408 g/mol. The van der Waals surface area contributed by atoms with Gasteiger partial charge >= 0.3 is 5.97 Å². The van der Waals surface area contributed by atoms with Crippen LogP contribution in [0, 0.1) is 12.8 Å². The van der Waals surface area contributed by atoms with Crippen molar-refractivity contribution >= 4 is 11.9 Å². The van der Waals surface area contributed by atoms with E-state index in [-0.39, 0.29) is 11.9 Å². The van der Waals surface area contributed by atoms with E-state index < -0.39 is 0 Å². The van der Waals surface area contributed by atoms with Crippen LogP contribution < -0.4 is 10.1 Å². The summed E-state index contributed by atoms with van der Waals surface area (Å²) in [4.78, 5) is 19.1. The molecule has 0 saturated carbocycles. The van der Waals surface area contributed by atoms with Crippen LogP contribution in [0.25, 0.3) is 0 Å². The molecule has 0 spiro atoms. The smallest absolute Gasteiger partial charge is 0.309 e. The van der Waals surface area contributed by atoms with Gasteiger partial charge in [-0.1, -0.05) is 12.1 Å². The molecule has 9 heteroatoms. The lowest BCUT2D eigenvalue weighted by Gasteiger charge is -2.33. The topological polar surface area (TPSA) is 93.9 Å². The van der Waals surface area contributed by atoms with E-state index >= 15 is 0 Å². The number of benzene rings is 1. The number of esters is 1. The Morgan fingerprint density at radius 3 is 2.53 bits per heavy atom. The molecule has 0 radical (unpaired) electrons. The van der Waals surface area contributed by atoms with Crippen molar-refractivity contribution < 1.29 is 14.3 Å². The second-order valence-electron chi connectivity index (χ2n) is 7.90. The molecule has 1 aliphatic heterocycles. The van der Waals surface area contributed by atoms with E-state index in [1.807, 2.05) is 37.6 Å². The second-order valence-corrected chi connectivity index (χ2v) is 7.90. The first-order valence-electron chi connectivity index (χ1n) is 11.2. The first kappa shape index (κ1) is 23.6. The quantitative estimate of drug-likeness (QED) is 0.380.